The average molecular weight is 251 g/mol. The minimum atomic E-state index is 0.228. The van der Waals surface area contributed by atoms with Crippen LogP contribution in [-0.4, -0.2) is 44.8 Å². The second-order valence-corrected chi connectivity index (χ2v) is 5.66. The lowest BCUT2D eigenvalue weighted by molar-refractivity contribution is 0.0594. The van der Waals surface area contributed by atoms with Crippen LogP contribution in [0.3, 0.4) is 0 Å². The smallest absolute Gasteiger partial charge is 0.141 e. The van der Waals surface area contributed by atoms with E-state index in [9.17, 15) is 0 Å². The lowest BCUT2D eigenvalue weighted by Crippen LogP contribution is -2.58. The van der Waals surface area contributed by atoms with Crippen LogP contribution < -0.4 is 5.32 Å². The van der Waals surface area contributed by atoms with Crippen LogP contribution in [0.5, 0.6) is 0 Å². The molecule has 5 nitrogen and oxygen atoms in total. The van der Waals surface area contributed by atoms with Crippen LogP contribution in [0.15, 0.2) is 6.33 Å². The maximum Gasteiger partial charge on any atom is 0.141 e. The average Bonchev–Trinajstić information content (AvgIpc) is 2.80. The van der Waals surface area contributed by atoms with Crippen LogP contribution in [0.2, 0.25) is 0 Å². The van der Waals surface area contributed by atoms with Crippen LogP contribution in [0.1, 0.15) is 46.0 Å². The van der Waals surface area contributed by atoms with Crippen molar-refractivity contribution in [1.29, 1.82) is 0 Å². The largest absolute Gasteiger partial charge is 0.314 e. The van der Waals surface area contributed by atoms with Gasteiger partial charge in [0.2, 0.25) is 0 Å². The third-order valence-corrected chi connectivity index (χ3v) is 4.06. The molecule has 1 aliphatic rings. The summed E-state index contributed by atoms with van der Waals surface area (Å²) in [6.45, 7) is 13.0. The van der Waals surface area contributed by atoms with E-state index in [0.29, 0.717) is 6.04 Å². The lowest BCUT2D eigenvalue weighted by Gasteiger charge is -2.44. The first kappa shape index (κ1) is 13.5. The van der Waals surface area contributed by atoms with Crippen LogP contribution >= 0.6 is 0 Å². The summed E-state index contributed by atoms with van der Waals surface area (Å²) in [6, 6.07) is 0.373. The van der Waals surface area contributed by atoms with Crippen molar-refractivity contribution in [2.24, 2.45) is 0 Å². The minimum absolute atomic E-state index is 0.228. The summed E-state index contributed by atoms with van der Waals surface area (Å²) in [5, 5.41) is 7.81. The molecule has 1 aliphatic heterocycles. The summed E-state index contributed by atoms with van der Waals surface area (Å²) in [5.74, 6) is 1.08. The highest BCUT2D eigenvalue weighted by Crippen LogP contribution is 2.23. The Hall–Kier alpha value is -0.940. The van der Waals surface area contributed by atoms with Gasteiger partial charge in [-0.3, -0.25) is 4.90 Å². The fraction of sp³-hybridized carbons (Fsp3) is 0.846. The molecule has 18 heavy (non-hydrogen) atoms. The van der Waals surface area contributed by atoms with Crippen molar-refractivity contribution < 1.29 is 0 Å². The van der Waals surface area contributed by atoms with Crippen molar-refractivity contribution in [3.8, 4) is 0 Å². The second-order valence-electron chi connectivity index (χ2n) is 5.66. The van der Waals surface area contributed by atoms with Gasteiger partial charge in [-0.25, -0.2) is 9.67 Å². The van der Waals surface area contributed by atoms with E-state index < -0.39 is 0 Å². The van der Waals surface area contributed by atoms with Crippen LogP contribution in [-0.2, 0) is 6.54 Å². The third kappa shape index (κ3) is 2.57. The van der Waals surface area contributed by atoms with Gasteiger partial charge in [0.25, 0.3) is 0 Å². The third-order valence-electron chi connectivity index (χ3n) is 4.06. The predicted molar refractivity (Wildman–Crippen MR) is 72.4 cm³/mol. The summed E-state index contributed by atoms with van der Waals surface area (Å²) in [7, 11) is 0. The Morgan fingerprint density at radius 2 is 2.28 bits per heavy atom. The number of hydrogen-bond acceptors (Lipinski definition) is 4. The maximum atomic E-state index is 4.42. The molecule has 5 heteroatoms. The van der Waals surface area contributed by atoms with Crippen molar-refractivity contribution in [3.05, 3.63) is 12.2 Å². The number of hydrogen-bond donors (Lipinski definition) is 1. The van der Waals surface area contributed by atoms with Gasteiger partial charge < -0.3 is 5.32 Å². The monoisotopic (exact) mass is 251 g/mol. The quantitative estimate of drug-likeness (QED) is 0.879. The maximum absolute atomic E-state index is 4.42. The summed E-state index contributed by atoms with van der Waals surface area (Å²) in [4.78, 5) is 6.96. The van der Waals surface area contributed by atoms with Gasteiger partial charge in [0.1, 0.15) is 12.2 Å². The van der Waals surface area contributed by atoms with Gasteiger partial charge in [0.15, 0.2) is 0 Å². The van der Waals surface area contributed by atoms with E-state index in [2.05, 4.69) is 48.0 Å². The van der Waals surface area contributed by atoms with Crippen LogP contribution in [0.25, 0.3) is 0 Å². The van der Waals surface area contributed by atoms with Gasteiger partial charge in [0.05, 0.1) is 6.54 Å². The highest BCUT2D eigenvalue weighted by molar-refractivity contribution is 4.96. The van der Waals surface area contributed by atoms with Gasteiger partial charge in [-0.1, -0.05) is 6.92 Å². The first-order valence-corrected chi connectivity index (χ1v) is 6.91. The predicted octanol–water partition coefficient (Wildman–Crippen LogP) is 1.43. The van der Waals surface area contributed by atoms with E-state index in [1.807, 2.05) is 4.68 Å². The van der Waals surface area contributed by atoms with E-state index >= 15 is 0 Å². The number of aromatic nitrogens is 3. The fourth-order valence-electron chi connectivity index (χ4n) is 2.56. The molecule has 102 valence electrons. The Morgan fingerprint density at radius 3 is 2.94 bits per heavy atom. The molecule has 1 N–H and O–H groups in total. The zero-order valence-corrected chi connectivity index (χ0v) is 12.0. The van der Waals surface area contributed by atoms with E-state index in [1.54, 1.807) is 6.33 Å². The van der Waals surface area contributed by atoms with Crippen molar-refractivity contribution >= 4 is 0 Å². The zero-order valence-electron chi connectivity index (χ0n) is 12.0. The zero-order chi connectivity index (χ0) is 13.2. The van der Waals surface area contributed by atoms with Crippen LogP contribution in [0, 0.1) is 0 Å². The van der Waals surface area contributed by atoms with Crippen molar-refractivity contribution in [2.45, 2.75) is 52.2 Å². The van der Waals surface area contributed by atoms with Crippen molar-refractivity contribution in [3.63, 3.8) is 0 Å². The molecule has 2 rings (SSSR count). The normalized spacial score (nSPS) is 25.8. The second kappa shape index (κ2) is 5.36. The number of nitrogens with one attached hydrogen (secondary N) is 1. The molecule has 0 saturated carbocycles. The molecule has 1 aromatic rings. The Morgan fingerprint density at radius 1 is 1.50 bits per heavy atom. The molecule has 0 radical (unpaired) electrons. The van der Waals surface area contributed by atoms with E-state index in [0.717, 1.165) is 38.4 Å². The van der Waals surface area contributed by atoms with Gasteiger partial charge >= 0.3 is 0 Å². The van der Waals surface area contributed by atoms with E-state index in [1.165, 1.54) is 0 Å². The molecule has 1 atom stereocenters. The molecule has 0 aromatic carbocycles. The molecule has 1 saturated heterocycles. The lowest BCUT2D eigenvalue weighted by atomic mass is 9.94. The summed E-state index contributed by atoms with van der Waals surface area (Å²) >= 11 is 0. The SMILES string of the molecule is CCC1(C)CNCCN1Cc1ncnn1C(C)C. The Labute approximate surface area is 110 Å². The molecule has 1 fully saturated rings. The molecule has 0 spiro atoms. The first-order chi connectivity index (χ1) is 8.57. The van der Waals surface area contributed by atoms with E-state index in [-0.39, 0.29) is 5.54 Å². The molecule has 0 aliphatic carbocycles. The van der Waals surface area contributed by atoms with Gasteiger partial charge in [0, 0.05) is 31.2 Å². The standard InChI is InChI=1S/C13H25N5/c1-5-13(4)9-14-6-7-17(13)8-12-15-10-16-18(12)11(2)3/h10-11,14H,5-9H2,1-4H3. The van der Waals surface area contributed by atoms with Gasteiger partial charge in [-0.15, -0.1) is 0 Å². The Bertz CT molecular complexity index is 386. The molecule has 2 heterocycles. The van der Waals surface area contributed by atoms with Crippen LogP contribution in [0.4, 0.5) is 0 Å². The summed E-state index contributed by atoms with van der Waals surface area (Å²) in [6.07, 6.45) is 2.82. The highest BCUT2D eigenvalue weighted by atomic mass is 15.4. The minimum Gasteiger partial charge on any atom is -0.314 e. The first-order valence-electron chi connectivity index (χ1n) is 6.91. The van der Waals surface area contributed by atoms with Crippen molar-refractivity contribution in [1.82, 2.24) is 25.0 Å². The number of piperazine rings is 1. The van der Waals surface area contributed by atoms with Gasteiger partial charge in [-0.2, -0.15) is 5.10 Å². The fourth-order valence-corrected chi connectivity index (χ4v) is 2.56. The molecule has 0 bridgehead atoms. The van der Waals surface area contributed by atoms with Crippen molar-refractivity contribution in [2.75, 3.05) is 19.6 Å². The van der Waals surface area contributed by atoms with E-state index in [4.69, 9.17) is 0 Å². The molecular weight excluding hydrogens is 226 g/mol. The number of nitrogens with zero attached hydrogens (tertiary/aromatic N) is 4. The summed E-state index contributed by atoms with van der Waals surface area (Å²) in [5.41, 5.74) is 0.228. The topological polar surface area (TPSA) is 46.0 Å². The van der Waals surface area contributed by atoms with Gasteiger partial charge in [-0.05, 0) is 27.2 Å². The summed E-state index contributed by atoms with van der Waals surface area (Å²) < 4.78 is 2.03. The molecule has 0 amide bonds. The molecule has 1 aromatic heterocycles. The molecular formula is C13H25N5. The molecule has 1 unspecified atom stereocenters. The Balaban J connectivity index is 2.14. The highest BCUT2D eigenvalue weighted by Gasteiger charge is 2.33. The number of rotatable bonds is 4. The Kier molecular flexibility index (Phi) is 4.02.